The molecule has 1 fully saturated rings. The molecule has 2 aromatic rings. The van der Waals surface area contributed by atoms with Gasteiger partial charge in [0.2, 0.25) is 5.91 Å². The zero-order valence-corrected chi connectivity index (χ0v) is 14.7. The van der Waals surface area contributed by atoms with Crippen LogP contribution in [0.15, 0.2) is 54.6 Å². The number of amides is 1. The summed E-state index contributed by atoms with van der Waals surface area (Å²) in [4.78, 5) is 17.6. The minimum absolute atomic E-state index is 0.0757. The van der Waals surface area contributed by atoms with Gasteiger partial charge in [0.25, 0.3) is 0 Å². The number of para-hydroxylation sites is 1. The zero-order valence-electron chi connectivity index (χ0n) is 14.7. The largest absolute Gasteiger partial charge is 0.368 e. The Morgan fingerprint density at radius 1 is 0.960 bits per heavy atom. The number of rotatable bonds is 2. The Kier molecular flexibility index (Phi) is 4.45. The van der Waals surface area contributed by atoms with E-state index in [1.165, 1.54) is 16.8 Å². The smallest absolute Gasteiger partial charge is 0.231 e. The van der Waals surface area contributed by atoms with Gasteiger partial charge in [0, 0.05) is 44.5 Å². The fraction of sp³-hybridized carbons (Fsp3) is 0.381. The maximum absolute atomic E-state index is 13.2. The van der Waals surface area contributed by atoms with Gasteiger partial charge in [0.05, 0.1) is 5.92 Å². The van der Waals surface area contributed by atoms with Gasteiger partial charge in [-0.05, 0) is 30.2 Å². The molecule has 25 heavy (non-hydrogen) atoms. The number of hydrogen-bond donors (Lipinski definition) is 1. The first-order chi connectivity index (χ1) is 12.2. The second kappa shape index (κ2) is 6.89. The van der Waals surface area contributed by atoms with E-state index < -0.39 is 0 Å². The van der Waals surface area contributed by atoms with Crippen molar-refractivity contribution in [2.24, 2.45) is 0 Å². The molecule has 1 N–H and O–H groups in total. The molecule has 0 aromatic heterocycles. The molecule has 4 nitrogen and oxygen atoms in total. The van der Waals surface area contributed by atoms with Crippen LogP contribution in [0.2, 0.25) is 0 Å². The van der Waals surface area contributed by atoms with E-state index in [2.05, 4.69) is 59.6 Å². The molecule has 2 aliphatic rings. The minimum atomic E-state index is -0.0757. The maximum atomic E-state index is 13.2. The average molecular weight is 335 g/mol. The van der Waals surface area contributed by atoms with Crippen LogP contribution in [0.3, 0.4) is 0 Å². The standard InChI is InChI=1S/C21H25N3O/c1-16-20(19-10-6-5-7-17(19)15-22-16)21(25)24-13-11-23(12-14-24)18-8-3-2-4-9-18/h2-10,16,20,22H,11-15H2,1H3. The van der Waals surface area contributed by atoms with Gasteiger partial charge in [-0.25, -0.2) is 0 Å². The van der Waals surface area contributed by atoms with Crippen LogP contribution in [0, 0.1) is 0 Å². The van der Waals surface area contributed by atoms with Crippen LogP contribution in [0.1, 0.15) is 24.0 Å². The summed E-state index contributed by atoms with van der Waals surface area (Å²) in [7, 11) is 0. The third-order valence-corrected chi connectivity index (χ3v) is 5.48. The molecule has 2 aliphatic heterocycles. The summed E-state index contributed by atoms with van der Waals surface area (Å²) in [6.07, 6.45) is 0. The summed E-state index contributed by atoms with van der Waals surface area (Å²) in [5.41, 5.74) is 3.69. The fourth-order valence-corrected chi connectivity index (χ4v) is 4.02. The van der Waals surface area contributed by atoms with E-state index in [1.807, 2.05) is 17.0 Å². The summed E-state index contributed by atoms with van der Waals surface area (Å²) in [5, 5.41) is 3.48. The summed E-state index contributed by atoms with van der Waals surface area (Å²) in [6.45, 7) is 6.34. The van der Waals surface area contributed by atoms with Crippen molar-refractivity contribution in [2.45, 2.75) is 25.4 Å². The van der Waals surface area contributed by atoms with E-state index in [4.69, 9.17) is 0 Å². The number of benzene rings is 2. The lowest BCUT2D eigenvalue weighted by molar-refractivity contribution is -0.134. The molecule has 2 aromatic carbocycles. The van der Waals surface area contributed by atoms with Crippen LogP contribution in [0.4, 0.5) is 5.69 Å². The van der Waals surface area contributed by atoms with Crippen LogP contribution in [0.5, 0.6) is 0 Å². The van der Waals surface area contributed by atoms with E-state index in [9.17, 15) is 4.79 Å². The lowest BCUT2D eigenvalue weighted by Gasteiger charge is -2.40. The third-order valence-electron chi connectivity index (χ3n) is 5.48. The zero-order chi connectivity index (χ0) is 17.2. The maximum Gasteiger partial charge on any atom is 0.231 e. The molecule has 0 bridgehead atoms. The van der Waals surface area contributed by atoms with Gasteiger partial charge < -0.3 is 15.1 Å². The highest BCUT2D eigenvalue weighted by Gasteiger charge is 2.35. The molecule has 2 heterocycles. The highest BCUT2D eigenvalue weighted by Crippen LogP contribution is 2.30. The fourth-order valence-electron chi connectivity index (χ4n) is 4.02. The molecule has 4 rings (SSSR count). The van der Waals surface area contributed by atoms with Crippen molar-refractivity contribution in [1.29, 1.82) is 0 Å². The van der Waals surface area contributed by atoms with Gasteiger partial charge >= 0.3 is 0 Å². The lowest BCUT2D eigenvalue weighted by atomic mass is 9.84. The van der Waals surface area contributed by atoms with E-state index in [1.54, 1.807) is 0 Å². The number of carbonyl (C=O) groups excluding carboxylic acids is 1. The lowest BCUT2D eigenvalue weighted by Crippen LogP contribution is -2.53. The Hall–Kier alpha value is -2.33. The molecular formula is C21H25N3O. The van der Waals surface area contributed by atoms with Crippen molar-refractivity contribution in [3.8, 4) is 0 Å². The van der Waals surface area contributed by atoms with E-state index in [-0.39, 0.29) is 17.9 Å². The highest BCUT2D eigenvalue weighted by molar-refractivity contribution is 5.85. The molecule has 0 aliphatic carbocycles. The van der Waals surface area contributed by atoms with E-state index >= 15 is 0 Å². The molecule has 2 atom stereocenters. The predicted molar refractivity (Wildman–Crippen MR) is 101 cm³/mol. The second-order valence-electron chi connectivity index (χ2n) is 6.99. The van der Waals surface area contributed by atoms with Gasteiger partial charge in [0.1, 0.15) is 0 Å². The number of piperazine rings is 1. The Labute approximate surface area is 149 Å². The summed E-state index contributed by atoms with van der Waals surface area (Å²) < 4.78 is 0. The van der Waals surface area contributed by atoms with Crippen molar-refractivity contribution < 1.29 is 4.79 Å². The Morgan fingerprint density at radius 3 is 2.40 bits per heavy atom. The summed E-state index contributed by atoms with van der Waals surface area (Å²) >= 11 is 0. The van der Waals surface area contributed by atoms with Crippen molar-refractivity contribution >= 4 is 11.6 Å². The second-order valence-corrected chi connectivity index (χ2v) is 6.99. The molecule has 1 saturated heterocycles. The number of hydrogen-bond acceptors (Lipinski definition) is 3. The molecule has 130 valence electrons. The Morgan fingerprint density at radius 2 is 1.64 bits per heavy atom. The van der Waals surface area contributed by atoms with Crippen molar-refractivity contribution in [2.75, 3.05) is 31.1 Å². The molecule has 0 radical (unpaired) electrons. The monoisotopic (exact) mass is 335 g/mol. The van der Waals surface area contributed by atoms with Crippen LogP contribution in [0.25, 0.3) is 0 Å². The van der Waals surface area contributed by atoms with Crippen molar-refractivity contribution in [3.63, 3.8) is 0 Å². The first-order valence-corrected chi connectivity index (χ1v) is 9.14. The SMILES string of the molecule is CC1NCc2ccccc2C1C(=O)N1CCN(c2ccccc2)CC1. The molecule has 4 heteroatoms. The molecule has 1 amide bonds. The van der Waals surface area contributed by atoms with Gasteiger partial charge in [0.15, 0.2) is 0 Å². The number of fused-ring (bicyclic) bond motifs is 1. The summed E-state index contributed by atoms with van der Waals surface area (Å²) in [6, 6.07) is 19.0. The molecule has 2 unspecified atom stereocenters. The Balaban J connectivity index is 1.47. The Bertz CT molecular complexity index is 738. The van der Waals surface area contributed by atoms with Gasteiger partial charge in [-0.3, -0.25) is 4.79 Å². The average Bonchev–Trinajstić information content (AvgIpc) is 2.68. The highest BCUT2D eigenvalue weighted by atomic mass is 16.2. The minimum Gasteiger partial charge on any atom is -0.368 e. The molecule has 0 spiro atoms. The van der Waals surface area contributed by atoms with Crippen LogP contribution < -0.4 is 10.2 Å². The molecular weight excluding hydrogens is 310 g/mol. The third kappa shape index (κ3) is 3.14. The van der Waals surface area contributed by atoms with Gasteiger partial charge in [-0.15, -0.1) is 0 Å². The topological polar surface area (TPSA) is 35.6 Å². The molecule has 0 saturated carbocycles. The van der Waals surface area contributed by atoms with Crippen LogP contribution >= 0.6 is 0 Å². The number of anilines is 1. The predicted octanol–water partition coefficient (Wildman–Crippen LogP) is 2.61. The van der Waals surface area contributed by atoms with E-state index in [0.29, 0.717) is 0 Å². The van der Waals surface area contributed by atoms with Crippen molar-refractivity contribution in [1.82, 2.24) is 10.2 Å². The summed E-state index contributed by atoms with van der Waals surface area (Å²) in [5.74, 6) is 0.188. The van der Waals surface area contributed by atoms with Gasteiger partial charge in [-0.2, -0.15) is 0 Å². The number of nitrogens with one attached hydrogen (secondary N) is 1. The van der Waals surface area contributed by atoms with Crippen LogP contribution in [-0.2, 0) is 11.3 Å². The first-order valence-electron chi connectivity index (χ1n) is 9.14. The van der Waals surface area contributed by atoms with Gasteiger partial charge in [-0.1, -0.05) is 42.5 Å². The first kappa shape index (κ1) is 16.2. The van der Waals surface area contributed by atoms with E-state index in [0.717, 1.165) is 32.7 Å². The van der Waals surface area contributed by atoms with Crippen LogP contribution in [-0.4, -0.2) is 43.0 Å². The number of nitrogens with zero attached hydrogens (tertiary/aromatic N) is 2. The number of carbonyl (C=O) groups is 1. The van der Waals surface area contributed by atoms with Crippen molar-refractivity contribution in [3.05, 3.63) is 65.7 Å². The normalized spacial score (nSPS) is 23.2. The quantitative estimate of drug-likeness (QED) is 0.916.